The van der Waals surface area contributed by atoms with Gasteiger partial charge in [-0.05, 0) is 19.9 Å². The molecular formula is C11H16N4S. The van der Waals surface area contributed by atoms with E-state index in [-0.39, 0.29) is 6.04 Å². The Morgan fingerprint density at radius 2 is 2.38 bits per heavy atom. The summed E-state index contributed by atoms with van der Waals surface area (Å²) in [5.74, 6) is 0. The van der Waals surface area contributed by atoms with Crippen LogP contribution in [0.3, 0.4) is 0 Å². The lowest BCUT2D eigenvalue weighted by atomic mass is 10.1. The maximum atomic E-state index is 6.13. The number of hydrogen-bond acceptors (Lipinski definition) is 4. The van der Waals surface area contributed by atoms with Crippen molar-refractivity contribution >= 4 is 11.3 Å². The first-order valence-corrected chi connectivity index (χ1v) is 6.26. The number of nitrogens with zero attached hydrogens (tertiary/aromatic N) is 3. The van der Waals surface area contributed by atoms with Crippen molar-refractivity contribution in [1.29, 1.82) is 0 Å². The second kappa shape index (κ2) is 4.76. The van der Waals surface area contributed by atoms with E-state index in [1.807, 2.05) is 23.3 Å². The van der Waals surface area contributed by atoms with Crippen LogP contribution in [0.2, 0.25) is 0 Å². The SMILES string of the molecule is CCn1nc(C)cc1CC(N)c1cncs1. The summed E-state index contributed by atoms with van der Waals surface area (Å²) in [5.41, 5.74) is 10.2. The average molecular weight is 236 g/mol. The van der Waals surface area contributed by atoms with Crippen LogP contribution in [-0.2, 0) is 13.0 Å². The molecule has 5 heteroatoms. The summed E-state index contributed by atoms with van der Waals surface area (Å²) in [7, 11) is 0. The number of thiazole rings is 1. The van der Waals surface area contributed by atoms with Gasteiger partial charge >= 0.3 is 0 Å². The zero-order chi connectivity index (χ0) is 11.5. The summed E-state index contributed by atoms with van der Waals surface area (Å²) in [5, 5.41) is 4.41. The van der Waals surface area contributed by atoms with Crippen molar-refractivity contribution in [3.05, 3.63) is 34.0 Å². The summed E-state index contributed by atoms with van der Waals surface area (Å²) < 4.78 is 2.01. The van der Waals surface area contributed by atoms with Gasteiger partial charge in [0.1, 0.15) is 0 Å². The molecule has 0 saturated carbocycles. The van der Waals surface area contributed by atoms with Crippen LogP contribution in [0.1, 0.15) is 29.2 Å². The Bertz CT molecular complexity index is 447. The van der Waals surface area contributed by atoms with E-state index in [2.05, 4.69) is 23.1 Å². The molecule has 0 bridgehead atoms. The lowest BCUT2D eigenvalue weighted by Crippen LogP contribution is -2.15. The number of hydrogen-bond donors (Lipinski definition) is 1. The van der Waals surface area contributed by atoms with Crippen LogP contribution in [0.15, 0.2) is 17.8 Å². The zero-order valence-electron chi connectivity index (χ0n) is 9.55. The minimum Gasteiger partial charge on any atom is -0.323 e. The molecule has 2 aromatic rings. The van der Waals surface area contributed by atoms with Gasteiger partial charge in [-0.15, -0.1) is 11.3 Å². The van der Waals surface area contributed by atoms with Gasteiger partial charge in [0.25, 0.3) is 0 Å². The van der Waals surface area contributed by atoms with E-state index in [0.29, 0.717) is 0 Å². The Kier molecular flexibility index (Phi) is 3.36. The fraction of sp³-hybridized carbons (Fsp3) is 0.455. The molecular weight excluding hydrogens is 220 g/mol. The highest BCUT2D eigenvalue weighted by Crippen LogP contribution is 2.19. The van der Waals surface area contributed by atoms with Crippen LogP contribution in [0.25, 0.3) is 0 Å². The molecule has 0 aliphatic rings. The molecule has 0 aliphatic carbocycles. The average Bonchev–Trinajstić information content (AvgIpc) is 2.87. The number of aromatic nitrogens is 3. The molecule has 2 N–H and O–H groups in total. The number of aryl methyl sites for hydroxylation is 2. The van der Waals surface area contributed by atoms with E-state index in [9.17, 15) is 0 Å². The fourth-order valence-corrected chi connectivity index (χ4v) is 2.40. The van der Waals surface area contributed by atoms with Crippen molar-refractivity contribution in [3.63, 3.8) is 0 Å². The molecule has 0 fully saturated rings. The minimum atomic E-state index is 0.0221. The molecule has 2 aromatic heterocycles. The molecule has 86 valence electrons. The summed E-state index contributed by atoms with van der Waals surface area (Å²) in [4.78, 5) is 5.18. The predicted molar refractivity (Wildman–Crippen MR) is 65.4 cm³/mol. The van der Waals surface area contributed by atoms with Crippen LogP contribution in [0.4, 0.5) is 0 Å². The molecule has 0 amide bonds. The van der Waals surface area contributed by atoms with E-state index in [1.165, 1.54) is 5.69 Å². The largest absolute Gasteiger partial charge is 0.323 e. The van der Waals surface area contributed by atoms with Gasteiger partial charge in [-0.2, -0.15) is 5.10 Å². The predicted octanol–water partition coefficient (Wildman–Crippen LogP) is 1.91. The normalized spacial score (nSPS) is 12.9. The third-order valence-corrected chi connectivity index (χ3v) is 3.44. The summed E-state index contributed by atoms with van der Waals surface area (Å²) in [6.45, 7) is 4.99. The van der Waals surface area contributed by atoms with Gasteiger partial charge in [0, 0.05) is 35.8 Å². The quantitative estimate of drug-likeness (QED) is 0.882. The third kappa shape index (κ3) is 2.31. The molecule has 0 spiro atoms. The molecule has 4 nitrogen and oxygen atoms in total. The van der Waals surface area contributed by atoms with E-state index >= 15 is 0 Å². The first-order chi connectivity index (χ1) is 7.70. The van der Waals surface area contributed by atoms with Gasteiger partial charge in [0.15, 0.2) is 0 Å². The maximum Gasteiger partial charge on any atom is 0.0794 e. The first kappa shape index (κ1) is 11.3. The van der Waals surface area contributed by atoms with Gasteiger partial charge in [0.2, 0.25) is 0 Å². The topological polar surface area (TPSA) is 56.7 Å². The van der Waals surface area contributed by atoms with E-state index < -0.39 is 0 Å². The van der Waals surface area contributed by atoms with Crippen LogP contribution in [-0.4, -0.2) is 14.8 Å². The molecule has 0 radical (unpaired) electrons. The third-order valence-electron chi connectivity index (χ3n) is 2.53. The summed E-state index contributed by atoms with van der Waals surface area (Å²) in [6, 6.07) is 2.12. The van der Waals surface area contributed by atoms with Gasteiger partial charge < -0.3 is 5.73 Å². The molecule has 2 rings (SSSR count). The minimum absolute atomic E-state index is 0.0221. The first-order valence-electron chi connectivity index (χ1n) is 5.38. The standard InChI is InChI=1S/C11H16N4S/c1-3-15-9(4-8(2)14-15)5-10(12)11-6-13-7-16-11/h4,6-7,10H,3,5,12H2,1-2H3. The van der Waals surface area contributed by atoms with E-state index in [0.717, 1.165) is 23.5 Å². The Balaban J connectivity index is 2.14. The number of rotatable bonds is 4. The Morgan fingerprint density at radius 3 is 3.00 bits per heavy atom. The molecule has 1 atom stereocenters. The molecule has 0 aromatic carbocycles. The maximum absolute atomic E-state index is 6.13. The lowest BCUT2D eigenvalue weighted by Gasteiger charge is -2.10. The molecule has 2 heterocycles. The highest BCUT2D eigenvalue weighted by molar-refractivity contribution is 7.09. The second-order valence-electron chi connectivity index (χ2n) is 3.81. The fourth-order valence-electron chi connectivity index (χ4n) is 1.77. The van der Waals surface area contributed by atoms with Gasteiger partial charge in [-0.25, -0.2) is 0 Å². The molecule has 16 heavy (non-hydrogen) atoms. The highest BCUT2D eigenvalue weighted by Gasteiger charge is 2.12. The lowest BCUT2D eigenvalue weighted by molar-refractivity contribution is 0.590. The Morgan fingerprint density at radius 1 is 1.56 bits per heavy atom. The van der Waals surface area contributed by atoms with Crippen molar-refractivity contribution in [2.75, 3.05) is 0 Å². The van der Waals surface area contributed by atoms with Crippen molar-refractivity contribution in [3.8, 4) is 0 Å². The highest BCUT2D eigenvalue weighted by atomic mass is 32.1. The molecule has 0 aliphatic heterocycles. The van der Waals surface area contributed by atoms with Crippen LogP contribution < -0.4 is 5.73 Å². The smallest absolute Gasteiger partial charge is 0.0794 e. The van der Waals surface area contributed by atoms with Crippen LogP contribution in [0, 0.1) is 6.92 Å². The van der Waals surface area contributed by atoms with Crippen molar-refractivity contribution in [1.82, 2.24) is 14.8 Å². The zero-order valence-corrected chi connectivity index (χ0v) is 10.4. The van der Waals surface area contributed by atoms with E-state index in [4.69, 9.17) is 5.73 Å². The Hall–Kier alpha value is -1.20. The number of nitrogens with two attached hydrogens (primary N) is 1. The van der Waals surface area contributed by atoms with Crippen LogP contribution >= 0.6 is 11.3 Å². The molecule has 1 unspecified atom stereocenters. The van der Waals surface area contributed by atoms with Gasteiger partial charge in [-0.1, -0.05) is 0 Å². The van der Waals surface area contributed by atoms with Crippen molar-refractivity contribution in [2.24, 2.45) is 5.73 Å². The summed E-state index contributed by atoms with van der Waals surface area (Å²) in [6.07, 6.45) is 2.66. The van der Waals surface area contributed by atoms with Crippen molar-refractivity contribution in [2.45, 2.75) is 32.9 Å². The van der Waals surface area contributed by atoms with Gasteiger partial charge in [0.05, 0.1) is 11.2 Å². The van der Waals surface area contributed by atoms with Gasteiger partial charge in [-0.3, -0.25) is 9.67 Å². The monoisotopic (exact) mass is 236 g/mol. The van der Waals surface area contributed by atoms with E-state index in [1.54, 1.807) is 11.3 Å². The summed E-state index contributed by atoms with van der Waals surface area (Å²) >= 11 is 1.60. The molecule has 0 saturated heterocycles. The van der Waals surface area contributed by atoms with Crippen molar-refractivity contribution < 1.29 is 0 Å². The van der Waals surface area contributed by atoms with Crippen LogP contribution in [0.5, 0.6) is 0 Å². The Labute approximate surface area is 99.1 Å². The second-order valence-corrected chi connectivity index (χ2v) is 4.73.